The smallest absolute Gasteiger partial charge is 0.305 e. The number of carbonyl (C=O) groups excluding carboxylic acids is 2. The predicted molar refractivity (Wildman–Crippen MR) is 384 cm³/mol. The van der Waals surface area contributed by atoms with E-state index >= 15 is 0 Å². The molecule has 0 bridgehead atoms. The molecule has 0 spiro atoms. The van der Waals surface area contributed by atoms with Crippen molar-refractivity contribution in [3.05, 3.63) is 12.2 Å². The van der Waals surface area contributed by atoms with Gasteiger partial charge in [0, 0.05) is 12.8 Å². The third kappa shape index (κ3) is 73.5. The Hall–Kier alpha value is -1.40. The van der Waals surface area contributed by atoms with E-state index in [1.54, 1.807) is 0 Å². The summed E-state index contributed by atoms with van der Waals surface area (Å²) in [4.78, 5) is 24.7. The predicted octanol–water partition coefficient (Wildman–Crippen LogP) is 26.7. The van der Waals surface area contributed by atoms with Crippen LogP contribution in [-0.2, 0) is 14.3 Å². The molecule has 0 rings (SSSR count). The second-order valence-electron chi connectivity index (χ2n) is 28.1. The van der Waals surface area contributed by atoms with Crippen LogP contribution < -0.4 is 5.32 Å². The molecule has 6 nitrogen and oxygen atoms in total. The van der Waals surface area contributed by atoms with Gasteiger partial charge in [0.05, 0.1) is 25.4 Å². The van der Waals surface area contributed by atoms with Crippen LogP contribution in [0.3, 0.4) is 0 Å². The Bertz CT molecular complexity index is 1320. The lowest BCUT2D eigenvalue weighted by molar-refractivity contribution is -0.143. The Balaban J connectivity index is 3.33. The minimum absolute atomic E-state index is 0.0176. The van der Waals surface area contributed by atoms with Gasteiger partial charge in [-0.25, -0.2) is 0 Å². The van der Waals surface area contributed by atoms with Gasteiger partial charge in [-0.3, -0.25) is 9.59 Å². The van der Waals surface area contributed by atoms with Gasteiger partial charge in [-0.15, -0.1) is 0 Å². The summed E-state index contributed by atoms with van der Waals surface area (Å²) in [5.41, 5.74) is 0. The molecule has 87 heavy (non-hydrogen) atoms. The molecule has 0 aliphatic heterocycles. The molecule has 0 heterocycles. The maximum Gasteiger partial charge on any atom is 0.305 e. The van der Waals surface area contributed by atoms with E-state index in [0.29, 0.717) is 25.9 Å². The summed E-state index contributed by atoms with van der Waals surface area (Å²) < 4.78 is 5.51. The lowest BCUT2D eigenvalue weighted by Gasteiger charge is -2.22. The SMILES string of the molecule is CCCCCCCC/C=C\CCCCCCCCCC(=O)OCCCCCCCCCCCCCCCCCCCCCCCCCCCCCCCC(=O)NC(CO)C(O)CCCCCCCCCCCCCCCCCCCCCCCCCC. The second kappa shape index (κ2) is 77.1. The number of nitrogens with one attached hydrogen (secondary N) is 1. The van der Waals surface area contributed by atoms with Gasteiger partial charge in [0.25, 0.3) is 0 Å². The van der Waals surface area contributed by atoms with Crippen molar-refractivity contribution in [2.75, 3.05) is 13.2 Å². The van der Waals surface area contributed by atoms with E-state index in [0.717, 1.165) is 44.9 Å². The summed E-state index contributed by atoms with van der Waals surface area (Å²) in [6.07, 6.45) is 97.3. The fourth-order valence-electron chi connectivity index (χ4n) is 13.2. The van der Waals surface area contributed by atoms with Crippen LogP contribution in [0.2, 0.25) is 0 Å². The van der Waals surface area contributed by atoms with Gasteiger partial charge < -0.3 is 20.3 Å². The molecule has 0 aromatic carbocycles. The van der Waals surface area contributed by atoms with Crippen molar-refractivity contribution in [2.24, 2.45) is 0 Å². The normalized spacial score (nSPS) is 12.5. The molecule has 0 aromatic heterocycles. The number of hydrogen-bond donors (Lipinski definition) is 3. The lowest BCUT2D eigenvalue weighted by atomic mass is 10.0. The number of aliphatic hydroxyl groups is 2. The first-order chi connectivity index (χ1) is 43.0. The Morgan fingerprint density at radius 3 is 0.816 bits per heavy atom. The van der Waals surface area contributed by atoms with Crippen LogP contribution in [0.5, 0.6) is 0 Å². The van der Waals surface area contributed by atoms with Crippen molar-refractivity contribution in [1.82, 2.24) is 5.32 Å². The third-order valence-corrected chi connectivity index (χ3v) is 19.3. The minimum Gasteiger partial charge on any atom is -0.466 e. The molecule has 0 fully saturated rings. The molecule has 6 heteroatoms. The number of unbranched alkanes of at least 4 members (excludes halogenated alkanes) is 64. The van der Waals surface area contributed by atoms with E-state index in [9.17, 15) is 19.8 Å². The summed E-state index contributed by atoms with van der Waals surface area (Å²) in [7, 11) is 0. The summed E-state index contributed by atoms with van der Waals surface area (Å²) in [6, 6.07) is -0.540. The van der Waals surface area contributed by atoms with E-state index in [2.05, 4.69) is 31.3 Å². The first-order valence-corrected chi connectivity index (χ1v) is 40.4. The highest BCUT2D eigenvalue weighted by Crippen LogP contribution is 2.21. The molecule has 2 atom stereocenters. The minimum atomic E-state index is -0.663. The summed E-state index contributed by atoms with van der Waals surface area (Å²) in [5.74, 6) is -0.00752. The lowest BCUT2D eigenvalue weighted by Crippen LogP contribution is -2.45. The van der Waals surface area contributed by atoms with E-state index in [1.165, 1.54) is 392 Å². The maximum absolute atomic E-state index is 12.6. The number of aliphatic hydroxyl groups excluding tert-OH is 2. The van der Waals surface area contributed by atoms with E-state index < -0.39 is 12.1 Å². The summed E-state index contributed by atoms with van der Waals surface area (Å²) in [5, 5.41) is 23.5. The zero-order valence-corrected chi connectivity index (χ0v) is 59.5. The molecule has 3 N–H and O–H groups in total. The van der Waals surface area contributed by atoms with Gasteiger partial charge in [0.2, 0.25) is 5.91 Å². The van der Waals surface area contributed by atoms with Gasteiger partial charge in [0.15, 0.2) is 0 Å². The molecule has 0 saturated heterocycles. The molecule has 0 aliphatic rings. The van der Waals surface area contributed by atoms with Gasteiger partial charge in [0.1, 0.15) is 0 Å². The highest BCUT2D eigenvalue weighted by molar-refractivity contribution is 5.76. The Morgan fingerprint density at radius 2 is 0.540 bits per heavy atom. The molecule has 0 saturated carbocycles. The van der Waals surface area contributed by atoms with Crippen LogP contribution >= 0.6 is 0 Å². The highest BCUT2D eigenvalue weighted by atomic mass is 16.5. The van der Waals surface area contributed by atoms with Crippen molar-refractivity contribution in [3.8, 4) is 0 Å². The molecule has 0 radical (unpaired) electrons. The zero-order chi connectivity index (χ0) is 62.8. The van der Waals surface area contributed by atoms with Gasteiger partial charge >= 0.3 is 5.97 Å². The molecule has 518 valence electrons. The Kier molecular flexibility index (Phi) is 75.8. The number of carbonyl (C=O) groups is 2. The van der Waals surface area contributed by atoms with Crippen LogP contribution in [0, 0.1) is 0 Å². The molecule has 1 amide bonds. The second-order valence-corrected chi connectivity index (χ2v) is 28.1. The maximum atomic E-state index is 12.6. The van der Waals surface area contributed by atoms with E-state index in [1.807, 2.05) is 0 Å². The Labute approximate surface area is 546 Å². The number of allylic oxidation sites excluding steroid dienone is 2. The van der Waals surface area contributed by atoms with E-state index in [4.69, 9.17) is 4.74 Å². The zero-order valence-electron chi connectivity index (χ0n) is 59.5. The van der Waals surface area contributed by atoms with Gasteiger partial charge in [-0.1, -0.05) is 418 Å². The van der Waals surface area contributed by atoms with Crippen molar-refractivity contribution in [1.29, 1.82) is 0 Å². The number of rotatable bonds is 77. The van der Waals surface area contributed by atoms with Crippen molar-refractivity contribution in [3.63, 3.8) is 0 Å². The molecular weight excluding hydrogens is 1070 g/mol. The molecule has 0 aromatic rings. The number of esters is 1. The van der Waals surface area contributed by atoms with Gasteiger partial charge in [-0.05, 0) is 51.4 Å². The number of hydrogen-bond acceptors (Lipinski definition) is 5. The monoisotopic (exact) mass is 1230 g/mol. The first-order valence-electron chi connectivity index (χ1n) is 40.4. The van der Waals surface area contributed by atoms with Crippen LogP contribution in [0.1, 0.15) is 470 Å². The fourth-order valence-corrected chi connectivity index (χ4v) is 13.2. The van der Waals surface area contributed by atoms with Crippen molar-refractivity contribution < 1.29 is 24.5 Å². The summed E-state index contributed by atoms with van der Waals surface area (Å²) in [6.45, 7) is 5.01. The molecular formula is C81H159NO5. The average Bonchev–Trinajstić information content (AvgIpc) is 3.57. The van der Waals surface area contributed by atoms with Crippen molar-refractivity contribution in [2.45, 2.75) is 482 Å². The average molecular weight is 1230 g/mol. The first kappa shape index (κ1) is 85.6. The number of ether oxygens (including phenoxy) is 1. The van der Waals surface area contributed by atoms with Crippen LogP contribution in [0.25, 0.3) is 0 Å². The third-order valence-electron chi connectivity index (χ3n) is 19.3. The van der Waals surface area contributed by atoms with Crippen LogP contribution in [0.4, 0.5) is 0 Å². The Morgan fingerprint density at radius 1 is 0.310 bits per heavy atom. The highest BCUT2D eigenvalue weighted by Gasteiger charge is 2.20. The van der Waals surface area contributed by atoms with E-state index in [-0.39, 0.29) is 18.5 Å². The standard InChI is InChI=1S/C81H159NO5/c1-3-5-7-9-11-13-15-17-19-21-22-23-24-32-35-38-42-45-49-53-57-61-65-69-73-79(84)78(77-83)82-80(85)74-70-66-62-58-54-50-46-43-39-36-33-30-28-26-25-27-29-31-34-37-40-44-48-52-56-60-64-68-72-76-87-81(86)75-71-67-63-59-55-51-47-41-20-18-16-14-12-10-8-6-4-2/h18,20,78-79,83-84H,3-17,19,21-77H2,1-2H3,(H,82,85)/b20-18-. The van der Waals surface area contributed by atoms with Crippen LogP contribution in [0.15, 0.2) is 12.2 Å². The molecule has 2 unspecified atom stereocenters. The quantitative estimate of drug-likeness (QED) is 0.0320. The van der Waals surface area contributed by atoms with Gasteiger partial charge in [-0.2, -0.15) is 0 Å². The fraction of sp³-hybridized carbons (Fsp3) is 0.951. The largest absolute Gasteiger partial charge is 0.466 e. The number of amides is 1. The van der Waals surface area contributed by atoms with Crippen molar-refractivity contribution >= 4 is 11.9 Å². The molecule has 0 aliphatic carbocycles. The topological polar surface area (TPSA) is 95.9 Å². The summed E-state index contributed by atoms with van der Waals surface area (Å²) >= 11 is 0. The van der Waals surface area contributed by atoms with Crippen LogP contribution in [-0.4, -0.2) is 47.4 Å².